The molecule has 2 aromatic rings. The Balaban J connectivity index is 2.22. The number of aromatic amines is 1. The maximum absolute atomic E-state index is 5.28. The molecule has 2 atom stereocenters. The minimum atomic E-state index is 0.198. The predicted octanol–water partition coefficient (Wildman–Crippen LogP) is 0.956. The fourth-order valence-electron chi connectivity index (χ4n) is 1.74. The van der Waals surface area contributed by atoms with Crippen LogP contribution >= 0.6 is 0 Å². The van der Waals surface area contributed by atoms with E-state index in [4.69, 9.17) is 4.52 Å². The highest BCUT2D eigenvalue weighted by Gasteiger charge is 2.23. The molecule has 0 fully saturated rings. The van der Waals surface area contributed by atoms with Crippen LogP contribution in [0.15, 0.2) is 10.9 Å². The number of aromatic nitrogens is 5. The first kappa shape index (κ1) is 11.7. The zero-order chi connectivity index (χ0) is 12.3. The van der Waals surface area contributed by atoms with Gasteiger partial charge in [0.15, 0.2) is 5.82 Å². The maximum Gasteiger partial charge on any atom is 0.239 e. The third kappa shape index (κ3) is 2.33. The van der Waals surface area contributed by atoms with Crippen LogP contribution in [0.2, 0.25) is 0 Å². The second-order valence-corrected chi connectivity index (χ2v) is 3.88. The number of nitrogens with zero attached hydrogens (tertiary/aromatic N) is 4. The van der Waals surface area contributed by atoms with E-state index in [1.54, 1.807) is 0 Å². The first-order valence-electron chi connectivity index (χ1n) is 5.62. The molecular formula is C10H16N6O. The average Bonchev–Trinajstić information content (AvgIpc) is 2.99. The van der Waals surface area contributed by atoms with Crippen LogP contribution in [0.1, 0.15) is 32.1 Å². The van der Waals surface area contributed by atoms with E-state index in [2.05, 4.69) is 44.5 Å². The van der Waals surface area contributed by atoms with Gasteiger partial charge in [-0.2, -0.15) is 10.1 Å². The average molecular weight is 236 g/mol. The van der Waals surface area contributed by atoms with Gasteiger partial charge in [-0.15, -0.1) is 0 Å². The van der Waals surface area contributed by atoms with Crippen molar-refractivity contribution in [3.05, 3.63) is 12.2 Å². The monoisotopic (exact) mass is 236 g/mol. The topological polar surface area (TPSA) is 92.5 Å². The van der Waals surface area contributed by atoms with Gasteiger partial charge in [-0.05, 0) is 20.4 Å². The number of rotatable bonds is 5. The molecular weight excluding hydrogens is 220 g/mol. The van der Waals surface area contributed by atoms with Crippen LogP contribution in [0.5, 0.6) is 0 Å². The van der Waals surface area contributed by atoms with Crippen molar-refractivity contribution in [2.24, 2.45) is 0 Å². The van der Waals surface area contributed by atoms with Gasteiger partial charge in [0.25, 0.3) is 0 Å². The lowest BCUT2D eigenvalue weighted by molar-refractivity contribution is 0.322. The zero-order valence-electron chi connectivity index (χ0n) is 10.1. The Morgan fingerprint density at radius 3 is 2.94 bits per heavy atom. The smallest absolute Gasteiger partial charge is 0.239 e. The molecule has 0 aliphatic carbocycles. The van der Waals surface area contributed by atoms with E-state index in [0.717, 1.165) is 6.42 Å². The van der Waals surface area contributed by atoms with Crippen LogP contribution in [0.4, 0.5) is 0 Å². The highest BCUT2D eigenvalue weighted by Crippen LogP contribution is 2.23. The van der Waals surface area contributed by atoms with Gasteiger partial charge in [0.2, 0.25) is 11.7 Å². The molecule has 92 valence electrons. The Morgan fingerprint density at radius 1 is 1.53 bits per heavy atom. The lowest BCUT2D eigenvalue weighted by Crippen LogP contribution is -2.28. The standard InChI is InChI=1S/C10H16N6O/c1-4-7(6(2)11-3)10-14-9(16-17-10)8-12-5-13-15-8/h5-7,11H,4H2,1-3H3,(H,12,13,15). The van der Waals surface area contributed by atoms with Gasteiger partial charge in [0, 0.05) is 6.04 Å². The van der Waals surface area contributed by atoms with Crippen molar-refractivity contribution in [3.63, 3.8) is 0 Å². The number of likely N-dealkylation sites (N-methyl/N-ethyl adjacent to an activating group) is 1. The summed E-state index contributed by atoms with van der Waals surface area (Å²) in [7, 11) is 1.92. The lowest BCUT2D eigenvalue weighted by atomic mass is 9.98. The summed E-state index contributed by atoms with van der Waals surface area (Å²) >= 11 is 0. The molecule has 2 N–H and O–H groups in total. The molecule has 0 spiro atoms. The number of hydrogen-bond acceptors (Lipinski definition) is 6. The second kappa shape index (κ2) is 5.05. The quantitative estimate of drug-likeness (QED) is 0.803. The zero-order valence-corrected chi connectivity index (χ0v) is 10.1. The van der Waals surface area contributed by atoms with E-state index < -0.39 is 0 Å². The molecule has 7 nitrogen and oxygen atoms in total. The van der Waals surface area contributed by atoms with Gasteiger partial charge in [-0.3, -0.25) is 5.10 Å². The maximum atomic E-state index is 5.28. The number of hydrogen-bond donors (Lipinski definition) is 2. The Bertz CT molecular complexity index is 451. The van der Waals surface area contributed by atoms with E-state index >= 15 is 0 Å². The van der Waals surface area contributed by atoms with Gasteiger partial charge >= 0.3 is 0 Å². The molecule has 0 saturated heterocycles. The third-order valence-corrected chi connectivity index (χ3v) is 2.88. The van der Waals surface area contributed by atoms with Crippen LogP contribution in [-0.2, 0) is 0 Å². The summed E-state index contributed by atoms with van der Waals surface area (Å²) in [5, 5.41) is 13.6. The highest BCUT2D eigenvalue weighted by molar-refractivity contribution is 5.39. The summed E-state index contributed by atoms with van der Waals surface area (Å²) in [6.45, 7) is 4.18. The van der Waals surface area contributed by atoms with Gasteiger partial charge in [-0.1, -0.05) is 12.1 Å². The highest BCUT2D eigenvalue weighted by atomic mass is 16.5. The normalized spacial score (nSPS) is 14.8. The van der Waals surface area contributed by atoms with Gasteiger partial charge < -0.3 is 9.84 Å². The van der Waals surface area contributed by atoms with Crippen molar-refractivity contribution in [2.45, 2.75) is 32.2 Å². The minimum absolute atomic E-state index is 0.198. The molecule has 0 aromatic carbocycles. The Labute approximate surface area is 99.0 Å². The number of H-pyrrole nitrogens is 1. The third-order valence-electron chi connectivity index (χ3n) is 2.88. The Hall–Kier alpha value is -1.76. The second-order valence-electron chi connectivity index (χ2n) is 3.88. The van der Waals surface area contributed by atoms with E-state index in [-0.39, 0.29) is 12.0 Å². The molecule has 0 bridgehead atoms. The molecule has 17 heavy (non-hydrogen) atoms. The Morgan fingerprint density at radius 2 is 2.35 bits per heavy atom. The van der Waals surface area contributed by atoms with Crippen LogP contribution in [0.3, 0.4) is 0 Å². The molecule has 7 heteroatoms. The molecule has 2 rings (SSSR count). The van der Waals surface area contributed by atoms with Crippen molar-refractivity contribution < 1.29 is 4.52 Å². The molecule has 2 unspecified atom stereocenters. The molecule has 0 aliphatic heterocycles. The first-order chi connectivity index (χ1) is 8.26. The van der Waals surface area contributed by atoms with E-state index in [0.29, 0.717) is 17.5 Å². The molecule has 0 aliphatic rings. The van der Waals surface area contributed by atoms with Crippen LogP contribution in [0.25, 0.3) is 11.6 Å². The summed E-state index contributed by atoms with van der Waals surface area (Å²) in [5.74, 6) is 1.79. The molecule has 2 aromatic heterocycles. The lowest BCUT2D eigenvalue weighted by Gasteiger charge is -2.17. The van der Waals surface area contributed by atoms with Crippen molar-refractivity contribution in [1.29, 1.82) is 0 Å². The van der Waals surface area contributed by atoms with E-state index in [9.17, 15) is 0 Å². The molecule has 2 heterocycles. The van der Waals surface area contributed by atoms with Crippen molar-refractivity contribution in [3.8, 4) is 11.6 Å². The molecule has 0 amide bonds. The van der Waals surface area contributed by atoms with Crippen molar-refractivity contribution in [2.75, 3.05) is 7.05 Å². The van der Waals surface area contributed by atoms with E-state index in [1.165, 1.54) is 6.33 Å². The van der Waals surface area contributed by atoms with Crippen molar-refractivity contribution in [1.82, 2.24) is 30.6 Å². The fraction of sp³-hybridized carbons (Fsp3) is 0.600. The minimum Gasteiger partial charge on any atom is -0.338 e. The van der Waals surface area contributed by atoms with Crippen LogP contribution in [0, 0.1) is 0 Å². The SMILES string of the molecule is CCC(c1nc(-c2ncn[nH]2)no1)C(C)NC. The predicted molar refractivity (Wildman–Crippen MR) is 61.2 cm³/mol. The van der Waals surface area contributed by atoms with E-state index in [1.807, 2.05) is 7.05 Å². The van der Waals surface area contributed by atoms with Gasteiger partial charge in [0.1, 0.15) is 6.33 Å². The summed E-state index contributed by atoms with van der Waals surface area (Å²) in [5.41, 5.74) is 0. The van der Waals surface area contributed by atoms with Crippen LogP contribution < -0.4 is 5.32 Å². The summed E-state index contributed by atoms with van der Waals surface area (Å²) in [6, 6.07) is 0.281. The summed E-state index contributed by atoms with van der Waals surface area (Å²) in [6.07, 6.45) is 2.35. The van der Waals surface area contributed by atoms with Crippen LogP contribution in [-0.4, -0.2) is 38.4 Å². The Kier molecular flexibility index (Phi) is 3.48. The number of nitrogens with one attached hydrogen (secondary N) is 2. The molecule has 0 saturated carbocycles. The van der Waals surface area contributed by atoms with Crippen molar-refractivity contribution >= 4 is 0 Å². The largest absolute Gasteiger partial charge is 0.338 e. The summed E-state index contributed by atoms with van der Waals surface area (Å²) < 4.78 is 5.28. The van der Waals surface area contributed by atoms with Gasteiger partial charge in [-0.25, -0.2) is 4.98 Å². The molecule has 0 radical (unpaired) electrons. The first-order valence-corrected chi connectivity index (χ1v) is 5.62. The fourth-order valence-corrected chi connectivity index (χ4v) is 1.74. The summed E-state index contributed by atoms with van der Waals surface area (Å²) in [4.78, 5) is 8.32. The van der Waals surface area contributed by atoms with Gasteiger partial charge in [0.05, 0.1) is 5.92 Å².